The minimum absolute atomic E-state index is 0.0246. The molecule has 0 aromatic rings. The van der Waals surface area contributed by atoms with E-state index in [1.165, 1.54) is 12.8 Å². The van der Waals surface area contributed by atoms with Gasteiger partial charge < -0.3 is 10.8 Å². The summed E-state index contributed by atoms with van der Waals surface area (Å²) < 4.78 is 0. The molecule has 0 aromatic carbocycles. The topological polar surface area (TPSA) is 46.2 Å². The molecule has 0 aromatic heterocycles. The van der Waals surface area contributed by atoms with Gasteiger partial charge in [0.1, 0.15) is 0 Å². The van der Waals surface area contributed by atoms with E-state index in [1.54, 1.807) is 0 Å². The fourth-order valence-corrected chi connectivity index (χ4v) is 2.71. The van der Waals surface area contributed by atoms with Crippen LogP contribution in [0, 0.1) is 17.3 Å². The molecule has 2 nitrogen and oxygen atoms in total. The molecule has 0 aliphatic heterocycles. The molecule has 1 unspecified atom stereocenters. The molecule has 0 radical (unpaired) electrons. The Morgan fingerprint density at radius 3 is 2.27 bits per heavy atom. The summed E-state index contributed by atoms with van der Waals surface area (Å²) in [5, 5.41) is 10.3. The Bertz CT molecular complexity index is 183. The first kappa shape index (κ1) is 13.0. The van der Waals surface area contributed by atoms with Crippen molar-refractivity contribution >= 4 is 0 Å². The summed E-state index contributed by atoms with van der Waals surface area (Å²) in [6, 6.07) is 0. The summed E-state index contributed by atoms with van der Waals surface area (Å²) in [6.45, 7) is 7.28. The molecule has 90 valence electrons. The first-order valence-corrected chi connectivity index (χ1v) is 6.38. The average Bonchev–Trinajstić information content (AvgIpc) is 2.18. The van der Waals surface area contributed by atoms with E-state index in [9.17, 15) is 5.11 Å². The summed E-state index contributed by atoms with van der Waals surface area (Å²) in [7, 11) is 0. The number of aliphatic hydroxyl groups is 1. The van der Waals surface area contributed by atoms with Crippen molar-refractivity contribution in [2.45, 2.75) is 59.0 Å². The molecule has 3 N–H and O–H groups in total. The van der Waals surface area contributed by atoms with Crippen LogP contribution in [0.2, 0.25) is 0 Å². The molecule has 15 heavy (non-hydrogen) atoms. The first-order valence-electron chi connectivity index (χ1n) is 6.38. The maximum absolute atomic E-state index is 10.3. The monoisotopic (exact) mass is 213 g/mol. The van der Waals surface area contributed by atoms with E-state index in [1.807, 2.05) is 0 Å². The fourth-order valence-electron chi connectivity index (χ4n) is 2.71. The quantitative estimate of drug-likeness (QED) is 0.754. The third-order valence-electron chi connectivity index (χ3n) is 4.08. The van der Waals surface area contributed by atoms with E-state index in [4.69, 9.17) is 5.73 Å². The molecule has 1 atom stereocenters. The number of rotatable bonds is 4. The third-order valence-corrected chi connectivity index (χ3v) is 4.08. The van der Waals surface area contributed by atoms with Crippen LogP contribution in [0.25, 0.3) is 0 Å². The van der Waals surface area contributed by atoms with Crippen LogP contribution in [0.15, 0.2) is 0 Å². The third kappa shape index (κ3) is 3.18. The first-order chi connectivity index (χ1) is 7.00. The van der Waals surface area contributed by atoms with Gasteiger partial charge in [-0.05, 0) is 31.1 Å². The van der Waals surface area contributed by atoms with E-state index in [-0.39, 0.29) is 11.5 Å². The summed E-state index contributed by atoms with van der Waals surface area (Å²) in [6.07, 6.45) is 5.37. The van der Waals surface area contributed by atoms with Crippen LogP contribution in [0.1, 0.15) is 52.9 Å². The van der Waals surface area contributed by atoms with Crippen molar-refractivity contribution in [3.05, 3.63) is 0 Å². The summed E-state index contributed by atoms with van der Waals surface area (Å²) >= 11 is 0. The van der Waals surface area contributed by atoms with Crippen LogP contribution in [-0.4, -0.2) is 17.8 Å². The Morgan fingerprint density at radius 1 is 1.33 bits per heavy atom. The molecule has 1 saturated carbocycles. The summed E-state index contributed by atoms with van der Waals surface area (Å²) in [5.74, 6) is 1.37. The molecule has 0 heterocycles. The van der Waals surface area contributed by atoms with E-state index in [0.717, 1.165) is 25.2 Å². The zero-order chi connectivity index (χ0) is 11.5. The van der Waals surface area contributed by atoms with Gasteiger partial charge >= 0.3 is 0 Å². The highest BCUT2D eigenvalue weighted by Gasteiger charge is 2.39. The lowest BCUT2D eigenvalue weighted by molar-refractivity contribution is -0.0181. The van der Waals surface area contributed by atoms with Crippen molar-refractivity contribution in [3.63, 3.8) is 0 Å². The standard InChI is InChI=1S/C13H27NO/c1-10(2)8-12(15)13(9-14)6-4-11(3)5-7-13/h10-12,15H,4-9,14H2,1-3H3. The Labute approximate surface area is 94.2 Å². The van der Waals surface area contributed by atoms with E-state index < -0.39 is 0 Å². The van der Waals surface area contributed by atoms with Gasteiger partial charge in [-0.1, -0.05) is 33.6 Å². The van der Waals surface area contributed by atoms with Gasteiger partial charge in [0.25, 0.3) is 0 Å². The Morgan fingerprint density at radius 2 is 1.87 bits per heavy atom. The van der Waals surface area contributed by atoms with Crippen molar-refractivity contribution in [1.82, 2.24) is 0 Å². The van der Waals surface area contributed by atoms with E-state index in [2.05, 4.69) is 20.8 Å². The minimum Gasteiger partial charge on any atom is -0.392 e. The fraction of sp³-hybridized carbons (Fsp3) is 1.00. The summed E-state index contributed by atoms with van der Waals surface area (Å²) in [4.78, 5) is 0. The lowest BCUT2D eigenvalue weighted by Crippen LogP contribution is -2.44. The number of nitrogens with two attached hydrogens (primary N) is 1. The Kier molecular flexibility index (Phi) is 4.60. The van der Waals surface area contributed by atoms with Gasteiger partial charge in [0.05, 0.1) is 6.10 Å². The van der Waals surface area contributed by atoms with Gasteiger partial charge in [0.2, 0.25) is 0 Å². The highest BCUT2D eigenvalue weighted by Crippen LogP contribution is 2.42. The molecule has 1 fully saturated rings. The molecule has 0 bridgehead atoms. The van der Waals surface area contributed by atoms with Crippen molar-refractivity contribution in [2.24, 2.45) is 23.0 Å². The molecule has 1 aliphatic rings. The highest BCUT2D eigenvalue weighted by atomic mass is 16.3. The van der Waals surface area contributed by atoms with Crippen LogP contribution in [0.3, 0.4) is 0 Å². The normalized spacial score (nSPS) is 34.4. The van der Waals surface area contributed by atoms with Crippen molar-refractivity contribution < 1.29 is 5.11 Å². The number of aliphatic hydroxyl groups excluding tert-OH is 1. The maximum atomic E-state index is 10.3. The van der Waals surface area contributed by atoms with Gasteiger partial charge in [-0.15, -0.1) is 0 Å². The minimum atomic E-state index is -0.199. The van der Waals surface area contributed by atoms with Gasteiger partial charge in [-0.2, -0.15) is 0 Å². The van der Waals surface area contributed by atoms with Crippen molar-refractivity contribution in [1.29, 1.82) is 0 Å². The molecule has 1 aliphatic carbocycles. The SMILES string of the molecule is CC(C)CC(O)C1(CN)CCC(C)CC1. The number of hydrogen-bond donors (Lipinski definition) is 2. The van der Waals surface area contributed by atoms with Gasteiger partial charge in [-0.3, -0.25) is 0 Å². The Balaban J connectivity index is 2.59. The van der Waals surface area contributed by atoms with Crippen LogP contribution >= 0.6 is 0 Å². The van der Waals surface area contributed by atoms with Gasteiger partial charge in [0.15, 0.2) is 0 Å². The van der Waals surface area contributed by atoms with E-state index >= 15 is 0 Å². The van der Waals surface area contributed by atoms with Crippen LogP contribution < -0.4 is 5.73 Å². The lowest BCUT2D eigenvalue weighted by atomic mass is 9.66. The molecular formula is C13H27NO. The lowest BCUT2D eigenvalue weighted by Gasteiger charge is -2.42. The predicted molar refractivity (Wildman–Crippen MR) is 64.6 cm³/mol. The van der Waals surface area contributed by atoms with Crippen molar-refractivity contribution in [3.8, 4) is 0 Å². The molecule has 0 spiro atoms. The van der Waals surface area contributed by atoms with Crippen LogP contribution in [0.5, 0.6) is 0 Å². The number of hydrogen-bond acceptors (Lipinski definition) is 2. The van der Waals surface area contributed by atoms with Crippen LogP contribution in [-0.2, 0) is 0 Å². The second-order valence-electron chi connectivity index (χ2n) is 5.89. The largest absolute Gasteiger partial charge is 0.392 e. The van der Waals surface area contributed by atoms with E-state index in [0.29, 0.717) is 12.5 Å². The van der Waals surface area contributed by atoms with Crippen LogP contribution in [0.4, 0.5) is 0 Å². The molecule has 0 amide bonds. The summed E-state index contributed by atoms with van der Waals surface area (Å²) in [5.41, 5.74) is 5.92. The molecule has 0 saturated heterocycles. The Hall–Kier alpha value is -0.0800. The van der Waals surface area contributed by atoms with Gasteiger partial charge in [0, 0.05) is 12.0 Å². The van der Waals surface area contributed by atoms with Crippen molar-refractivity contribution in [2.75, 3.05) is 6.54 Å². The smallest absolute Gasteiger partial charge is 0.0610 e. The second kappa shape index (κ2) is 5.31. The highest BCUT2D eigenvalue weighted by molar-refractivity contribution is 4.91. The molecule has 2 heteroatoms. The predicted octanol–water partition coefficient (Wildman–Crippen LogP) is 2.55. The second-order valence-corrected chi connectivity index (χ2v) is 5.89. The average molecular weight is 213 g/mol. The molecule has 1 rings (SSSR count). The molecular weight excluding hydrogens is 186 g/mol. The van der Waals surface area contributed by atoms with Gasteiger partial charge in [-0.25, -0.2) is 0 Å². The zero-order valence-corrected chi connectivity index (χ0v) is 10.5. The zero-order valence-electron chi connectivity index (χ0n) is 10.5. The maximum Gasteiger partial charge on any atom is 0.0610 e.